The molecule has 0 unspecified atom stereocenters. The number of nitrogens with zero attached hydrogens (tertiary/aromatic N) is 2. The zero-order valence-electron chi connectivity index (χ0n) is 16.2. The third-order valence-electron chi connectivity index (χ3n) is 4.23. The number of thiazole rings is 1. The fraction of sp³-hybridized carbons (Fsp3) is 0.0952. The molecule has 4 rings (SSSR count). The second kappa shape index (κ2) is 9.02. The predicted octanol–water partition coefficient (Wildman–Crippen LogP) is 4.38. The first-order valence-corrected chi connectivity index (χ1v) is 10.8. The Labute approximate surface area is 184 Å². The van der Waals surface area contributed by atoms with E-state index in [2.05, 4.69) is 20.6 Å². The maximum absolute atomic E-state index is 12.6. The summed E-state index contributed by atoms with van der Waals surface area (Å²) in [6.45, 7) is 2.00. The Hall–Kier alpha value is -3.63. The summed E-state index contributed by atoms with van der Waals surface area (Å²) in [6.07, 6.45) is 2.34. The van der Waals surface area contributed by atoms with Crippen molar-refractivity contribution in [3.8, 4) is 0 Å². The molecule has 0 aliphatic heterocycles. The van der Waals surface area contributed by atoms with E-state index in [1.54, 1.807) is 23.8 Å². The van der Waals surface area contributed by atoms with Gasteiger partial charge in [-0.1, -0.05) is 29.8 Å². The summed E-state index contributed by atoms with van der Waals surface area (Å²) in [4.78, 5) is 45.3. The van der Waals surface area contributed by atoms with Crippen LogP contribution in [0.2, 0.25) is 0 Å². The molecule has 3 aromatic heterocycles. The highest BCUT2D eigenvalue weighted by atomic mass is 32.1. The summed E-state index contributed by atoms with van der Waals surface area (Å²) in [5.41, 5.74) is 2.69. The minimum atomic E-state index is -0.868. The number of rotatable bonds is 5. The number of aryl methyl sites for hydroxylation is 1. The smallest absolute Gasteiger partial charge is 0.414 e. The minimum absolute atomic E-state index is 0.0408. The lowest BCUT2D eigenvalue weighted by molar-refractivity contribution is 0.0913. The minimum Gasteiger partial charge on any atom is -0.444 e. The molecule has 10 heteroatoms. The molecule has 0 saturated heterocycles. The van der Waals surface area contributed by atoms with E-state index in [1.807, 2.05) is 31.2 Å². The summed E-state index contributed by atoms with van der Waals surface area (Å²) < 4.78 is 5.93. The summed E-state index contributed by atoms with van der Waals surface area (Å²) in [6, 6.07) is 10.8. The average Bonchev–Trinajstić information content (AvgIpc) is 3.40. The number of aromatic nitrogens is 2. The van der Waals surface area contributed by atoms with E-state index in [0.29, 0.717) is 10.5 Å². The maximum atomic E-state index is 12.6. The van der Waals surface area contributed by atoms with Gasteiger partial charge in [0.25, 0.3) is 11.8 Å². The molecule has 1 aromatic carbocycles. The number of ether oxygens (including phenoxy) is 1. The fourth-order valence-electron chi connectivity index (χ4n) is 2.65. The van der Waals surface area contributed by atoms with Gasteiger partial charge in [-0.3, -0.25) is 19.9 Å². The van der Waals surface area contributed by atoms with Crippen LogP contribution in [0.15, 0.2) is 54.2 Å². The molecular formula is C21H16N4O4S2. The van der Waals surface area contributed by atoms with Crippen molar-refractivity contribution in [2.45, 2.75) is 13.5 Å². The van der Waals surface area contributed by atoms with Crippen LogP contribution in [0.1, 0.15) is 31.3 Å². The van der Waals surface area contributed by atoms with Crippen molar-refractivity contribution in [2.75, 3.05) is 5.32 Å². The number of amides is 3. The van der Waals surface area contributed by atoms with Crippen LogP contribution in [0, 0.1) is 6.92 Å². The number of carbonyl (C=O) groups is 3. The Morgan fingerprint density at radius 2 is 1.87 bits per heavy atom. The van der Waals surface area contributed by atoms with Crippen LogP contribution >= 0.6 is 22.7 Å². The first-order valence-electron chi connectivity index (χ1n) is 9.12. The lowest BCUT2D eigenvalue weighted by atomic mass is 10.2. The number of alkyl carbamates (subject to hydrolysis) is 1. The summed E-state index contributed by atoms with van der Waals surface area (Å²) in [7, 11) is 0. The largest absolute Gasteiger partial charge is 0.444 e. The van der Waals surface area contributed by atoms with E-state index in [-0.39, 0.29) is 17.2 Å². The molecule has 0 atom stereocenters. The van der Waals surface area contributed by atoms with Crippen molar-refractivity contribution >= 4 is 55.8 Å². The number of benzene rings is 1. The van der Waals surface area contributed by atoms with Crippen molar-refractivity contribution in [1.29, 1.82) is 0 Å². The highest BCUT2D eigenvalue weighted by Crippen LogP contribution is 2.26. The maximum Gasteiger partial charge on any atom is 0.414 e. The number of carbonyl (C=O) groups excluding carboxylic acids is 3. The van der Waals surface area contributed by atoms with Gasteiger partial charge < -0.3 is 10.1 Å². The SMILES string of the molecule is Cc1ccc(COC(=O)NC(=O)c2ccsc2NC(=O)c2nc3cnccc3s2)cc1. The molecule has 8 nitrogen and oxygen atoms in total. The highest BCUT2D eigenvalue weighted by Gasteiger charge is 2.20. The first-order chi connectivity index (χ1) is 15.0. The Morgan fingerprint density at radius 3 is 2.65 bits per heavy atom. The van der Waals surface area contributed by atoms with Crippen molar-refractivity contribution in [1.82, 2.24) is 15.3 Å². The molecule has 3 heterocycles. The van der Waals surface area contributed by atoms with Gasteiger partial charge in [0.1, 0.15) is 17.1 Å². The summed E-state index contributed by atoms with van der Waals surface area (Å²) in [5, 5.41) is 7.06. The van der Waals surface area contributed by atoms with Gasteiger partial charge in [-0.15, -0.1) is 22.7 Å². The number of imide groups is 1. The van der Waals surface area contributed by atoms with Gasteiger partial charge in [-0.2, -0.15) is 0 Å². The van der Waals surface area contributed by atoms with Crippen LogP contribution in [0.4, 0.5) is 9.80 Å². The van der Waals surface area contributed by atoms with Crippen LogP contribution in [0.5, 0.6) is 0 Å². The Bertz CT molecular complexity index is 1230. The average molecular weight is 453 g/mol. The van der Waals surface area contributed by atoms with Gasteiger partial charge in [0.15, 0.2) is 5.01 Å². The van der Waals surface area contributed by atoms with Crippen LogP contribution in [0.25, 0.3) is 10.2 Å². The Kier molecular flexibility index (Phi) is 6.01. The molecule has 0 spiro atoms. The quantitative estimate of drug-likeness (QED) is 0.465. The molecule has 4 aromatic rings. The number of hydrogen-bond acceptors (Lipinski definition) is 8. The van der Waals surface area contributed by atoms with E-state index in [9.17, 15) is 14.4 Å². The van der Waals surface area contributed by atoms with Gasteiger partial charge in [-0.25, -0.2) is 9.78 Å². The lowest BCUT2D eigenvalue weighted by Crippen LogP contribution is -2.31. The summed E-state index contributed by atoms with van der Waals surface area (Å²) >= 11 is 2.39. The normalized spacial score (nSPS) is 10.6. The van der Waals surface area contributed by atoms with Gasteiger partial charge in [-0.05, 0) is 30.0 Å². The van der Waals surface area contributed by atoms with Crippen LogP contribution < -0.4 is 10.6 Å². The Morgan fingerprint density at radius 1 is 1.06 bits per heavy atom. The van der Waals surface area contributed by atoms with Crippen molar-refractivity contribution in [3.63, 3.8) is 0 Å². The molecule has 0 radical (unpaired) electrons. The van der Waals surface area contributed by atoms with E-state index in [0.717, 1.165) is 15.8 Å². The molecule has 2 N–H and O–H groups in total. The van der Waals surface area contributed by atoms with E-state index in [1.165, 1.54) is 28.7 Å². The van der Waals surface area contributed by atoms with E-state index < -0.39 is 17.9 Å². The van der Waals surface area contributed by atoms with E-state index >= 15 is 0 Å². The molecule has 0 aliphatic rings. The first kappa shape index (κ1) is 20.6. The molecule has 156 valence electrons. The van der Waals surface area contributed by atoms with Crippen LogP contribution in [0.3, 0.4) is 0 Å². The number of thiophene rings is 1. The van der Waals surface area contributed by atoms with Crippen LogP contribution in [-0.4, -0.2) is 27.9 Å². The van der Waals surface area contributed by atoms with Gasteiger partial charge in [0, 0.05) is 6.20 Å². The molecule has 31 heavy (non-hydrogen) atoms. The lowest BCUT2D eigenvalue weighted by Gasteiger charge is -2.07. The highest BCUT2D eigenvalue weighted by molar-refractivity contribution is 7.20. The summed E-state index contributed by atoms with van der Waals surface area (Å²) in [5.74, 6) is -1.11. The van der Waals surface area contributed by atoms with Crippen molar-refractivity contribution in [2.24, 2.45) is 0 Å². The third-order valence-corrected chi connectivity index (χ3v) is 6.09. The molecule has 0 saturated carbocycles. The van der Waals surface area contributed by atoms with Crippen molar-refractivity contribution < 1.29 is 19.1 Å². The van der Waals surface area contributed by atoms with Gasteiger partial charge >= 0.3 is 6.09 Å². The zero-order valence-corrected chi connectivity index (χ0v) is 17.9. The standard InChI is InChI=1S/C21H16N4O4S2/c1-12-2-4-13(5-3-12)11-29-21(28)25-17(26)14-7-9-30-19(14)24-18(27)20-23-15-10-22-8-6-16(15)31-20/h2-10H,11H2,1H3,(H,24,27)(H,25,26,28). The topological polar surface area (TPSA) is 110 Å². The van der Waals surface area contributed by atoms with Gasteiger partial charge in [0.2, 0.25) is 0 Å². The predicted molar refractivity (Wildman–Crippen MR) is 119 cm³/mol. The fourth-order valence-corrected chi connectivity index (χ4v) is 4.26. The number of fused-ring (bicyclic) bond motifs is 1. The Balaban J connectivity index is 1.37. The monoisotopic (exact) mass is 452 g/mol. The van der Waals surface area contributed by atoms with Crippen LogP contribution in [-0.2, 0) is 11.3 Å². The second-order valence-corrected chi connectivity index (χ2v) is 8.44. The number of nitrogens with one attached hydrogen (secondary N) is 2. The van der Waals surface area contributed by atoms with Crippen molar-refractivity contribution in [3.05, 3.63) is 75.9 Å². The number of pyridine rings is 1. The molecule has 0 aliphatic carbocycles. The number of hydrogen-bond donors (Lipinski definition) is 2. The molecule has 0 bridgehead atoms. The number of anilines is 1. The molecular weight excluding hydrogens is 436 g/mol. The third kappa shape index (κ3) is 4.93. The molecule has 0 fully saturated rings. The van der Waals surface area contributed by atoms with Gasteiger partial charge in [0.05, 0.1) is 16.5 Å². The second-order valence-electron chi connectivity index (χ2n) is 6.50. The molecule has 3 amide bonds. The van der Waals surface area contributed by atoms with E-state index in [4.69, 9.17) is 4.74 Å². The zero-order chi connectivity index (χ0) is 21.8.